The predicted octanol–water partition coefficient (Wildman–Crippen LogP) is 1.10. The summed E-state index contributed by atoms with van der Waals surface area (Å²) in [5, 5.41) is 6.34. The Hall–Kier alpha value is -2.83. The van der Waals surface area contributed by atoms with Crippen LogP contribution in [0, 0.1) is 0 Å². The van der Waals surface area contributed by atoms with Crippen molar-refractivity contribution in [2.45, 2.75) is 0 Å². The zero-order valence-electron chi connectivity index (χ0n) is 11.6. The van der Waals surface area contributed by atoms with E-state index in [1.54, 1.807) is 13.1 Å². The summed E-state index contributed by atoms with van der Waals surface area (Å²) in [6.45, 7) is 0.219. The maximum absolute atomic E-state index is 12.2. The molecule has 2 aromatic rings. The van der Waals surface area contributed by atoms with E-state index >= 15 is 0 Å². The molecule has 0 atom stereocenters. The zero-order valence-corrected chi connectivity index (χ0v) is 11.6. The summed E-state index contributed by atoms with van der Waals surface area (Å²) in [5.41, 5.74) is 6.07. The molecule has 1 aromatic heterocycles. The second-order valence-electron chi connectivity index (χ2n) is 4.25. The molecule has 0 aliphatic heterocycles. The van der Waals surface area contributed by atoms with Crippen LogP contribution >= 0.6 is 0 Å². The molecule has 110 valence electrons. The van der Waals surface area contributed by atoms with Crippen LogP contribution in [0.15, 0.2) is 30.3 Å². The molecule has 0 unspecified atom stereocenters. The fourth-order valence-corrected chi connectivity index (χ4v) is 1.90. The van der Waals surface area contributed by atoms with Gasteiger partial charge < -0.3 is 21.1 Å². The van der Waals surface area contributed by atoms with E-state index in [1.165, 1.54) is 0 Å². The van der Waals surface area contributed by atoms with Gasteiger partial charge in [0.2, 0.25) is 0 Å². The number of nitrogens with two attached hydrogens (primary N) is 1. The number of hydrogen-bond acceptors (Lipinski definition) is 5. The molecule has 7 nitrogen and oxygen atoms in total. The highest BCUT2D eigenvalue weighted by molar-refractivity contribution is 6.06. The SMILES string of the molecule is CNc1cc(C(=O)NCCOC(N)=O)c2ccccc2n1. The number of anilines is 1. The Morgan fingerprint density at radius 2 is 2.10 bits per heavy atom. The van der Waals surface area contributed by atoms with Gasteiger partial charge in [-0.15, -0.1) is 0 Å². The van der Waals surface area contributed by atoms with E-state index in [9.17, 15) is 9.59 Å². The molecule has 2 rings (SSSR count). The zero-order chi connectivity index (χ0) is 15.2. The van der Waals surface area contributed by atoms with Crippen LogP contribution in [0.4, 0.5) is 10.6 Å². The first kappa shape index (κ1) is 14.6. The summed E-state index contributed by atoms with van der Waals surface area (Å²) in [6.07, 6.45) is -0.865. The molecule has 0 aliphatic rings. The number of pyridine rings is 1. The molecule has 21 heavy (non-hydrogen) atoms. The minimum Gasteiger partial charge on any atom is -0.448 e. The molecule has 7 heteroatoms. The topological polar surface area (TPSA) is 106 Å². The number of primary amides is 1. The lowest BCUT2D eigenvalue weighted by Gasteiger charge is -2.10. The van der Waals surface area contributed by atoms with E-state index in [2.05, 4.69) is 20.4 Å². The molecule has 0 fully saturated rings. The summed E-state index contributed by atoms with van der Waals surface area (Å²) in [7, 11) is 1.74. The van der Waals surface area contributed by atoms with Gasteiger partial charge in [-0.05, 0) is 12.1 Å². The Morgan fingerprint density at radius 1 is 1.33 bits per heavy atom. The molecule has 2 amide bonds. The summed E-state index contributed by atoms with van der Waals surface area (Å²) in [4.78, 5) is 27.1. The second-order valence-corrected chi connectivity index (χ2v) is 4.25. The van der Waals surface area contributed by atoms with Crippen LogP contribution in [0.25, 0.3) is 10.9 Å². The summed E-state index contributed by atoms with van der Waals surface area (Å²) >= 11 is 0. The maximum atomic E-state index is 12.2. The predicted molar refractivity (Wildman–Crippen MR) is 79.2 cm³/mol. The van der Waals surface area contributed by atoms with Crippen LogP contribution in [0.2, 0.25) is 0 Å². The molecule has 0 saturated heterocycles. The number of rotatable bonds is 5. The Morgan fingerprint density at radius 3 is 2.81 bits per heavy atom. The molecule has 0 spiro atoms. The lowest BCUT2D eigenvalue weighted by atomic mass is 10.1. The summed E-state index contributed by atoms with van der Waals surface area (Å²) in [5.74, 6) is 0.338. The molecule has 0 saturated carbocycles. The molecule has 0 aliphatic carbocycles. The van der Waals surface area contributed by atoms with Crippen molar-refractivity contribution in [3.8, 4) is 0 Å². The lowest BCUT2D eigenvalue weighted by Crippen LogP contribution is -2.29. The monoisotopic (exact) mass is 288 g/mol. The highest BCUT2D eigenvalue weighted by atomic mass is 16.5. The fraction of sp³-hybridized carbons (Fsp3) is 0.214. The average Bonchev–Trinajstić information content (AvgIpc) is 2.50. The van der Waals surface area contributed by atoms with E-state index in [-0.39, 0.29) is 19.1 Å². The molecule has 0 radical (unpaired) electrons. The second kappa shape index (κ2) is 6.56. The van der Waals surface area contributed by atoms with Crippen molar-refractivity contribution in [2.24, 2.45) is 5.73 Å². The van der Waals surface area contributed by atoms with Gasteiger partial charge in [0.05, 0.1) is 17.6 Å². The third kappa shape index (κ3) is 3.59. The number of amides is 2. The van der Waals surface area contributed by atoms with Crippen molar-refractivity contribution >= 4 is 28.7 Å². The number of ether oxygens (including phenoxy) is 1. The van der Waals surface area contributed by atoms with Crippen molar-refractivity contribution in [2.75, 3.05) is 25.5 Å². The Bertz CT molecular complexity index is 672. The smallest absolute Gasteiger partial charge is 0.404 e. The van der Waals surface area contributed by atoms with Crippen LogP contribution in [0.1, 0.15) is 10.4 Å². The number of fused-ring (bicyclic) bond motifs is 1. The summed E-state index contributed by atoms with van der Waals surface area (Å²) in [6, 6.07) is 9.04. The van der Waals surface area contributed by atoms with Crippen molar-refractivity contribution in [3.05, 3.63) is 35.9 Å². The van der Waals surface area contributed by atoms with Gasteiger partial charge in [0.1, 0.15) is 12.4 Å². The van der Waals surface area contributed by atoms with Crippen LogP contribution in [-0.2, 0) is 4.74 Å². The Kier molecular flexibility index (Phi) is 4.55. The van der Waals surface area contributed by atoms with Crippen molar-refractivity contribution in [1.29, 1.82) is 0 Å². The molecule has 4 N–H and O–H groups in total. The van der Waals surface area contributed by atoms with Gasteiger partial charge in [-0.2, -0.15) is 0 Å². The van der Waals surface area contributed by atoms with Crippen LogP contribution in [0.3, 0.4) is 0 Å². The van der Waals surface area contributed by atoms with E-state index in [1.807, 2.05) is 24.3 Å². The number of nitrogens with one attached hydrogen (secondary N) is 2. The highest BCUT2D eigenvalue weighted by Gasteiger charge is 2.12. The van der Waals surface area contributed by atoms with Crippen LogP contribution in [-0.4, -0.2) is 37.2 Å². The lowest BCUT2D eigenvalue weighted by molar-refractivity contribution is 0.0938. The standard InChI is InChI=1S/C14H16N4O3/c1-16-12-8-10(9-4-2-3-5-11(9)18-12)13(19)17-6-7-21-14(15)20/h2-5,8H,6-7H2,1H3,(H2,15,20)(H,16,18)(H,17,19). The summed E-state index contributed by atoms with van der Waals surface area (Å²) < 4.78 is 4.56. The van der Waals surface area contributed by atoms with Gasteiger partial charge >= 0.3 is 6.09 Å². The molecular formula is C14H16N4O3. The van der Waals surface area contributed by atoms with Crippen LogP contribution < -0.4 is 16.4 Å². The van der Waals surface area contributed by atoms with Crippen molar-refractivity contribution < 1.29 is 14.3 Å². The normalized spacial score (nSPS) is 10.1. The Labute approximate surface area is 121 Å². The third-order valence-electron chi connectivity index (χ3n) is 2.85. The minimum atomic E-state index is -0.865. The van der Waals surface area contributed by atoms with Gasteiger partial charge in [-0.1, -0.05) is 18.2 Å². The average molecular weight is 288 g/mol. The number of aromatic nitrogens is 1. The van der Waals surface area contributed by atoms with E-state index in [0.717, 1.165) is 10.9 Å². The van der Waals surface area contributed by atoms with Crippen LogP contribution in [0.5, 0.6) is 0 Å². The molecule has 1 aromatic carbocycles. The first-order chi connectivity index (χ1) is 10.1. The van der Waals surface area contributed by atoms with Crippen molar-refractivity contribution in [3.63, 3.8) is 0 Å². The maximum Gasteiger partial charge on any atom is 0.404 e. The highest BCUT2D eigenvalue weighted by Crippen LogP contribution is 2.20. The number of carbonyl (C=O) groups is 2. The number of hydrogen-bond donors (Lipinski definition) is 3. The van der Waals surface area contributed by atoms with Gasteiger partial charge in [-0.25, -0.2) is 9.78 Å². The van der Waals surface area contributed by atoms with Gasteiger partial charge in [0.15, 0.2) is 0 Å². The van der Waals surface area contributed by atoms with Gasteiger partial charge in [-0.3, -0.25) is 4.79 Å². The number of benzene rings is 1. The third-order valence-corrected chi connectivity index (χ3v) is 2.85. The number of para-hydroxylation sites is 1. The first-order valence-corrected chi connectivity index (χ1v) is 6.40. The Balaban J connectivity index is 2.19. The largest absolute Gasteiger partial charge is 0.448 e. The molecule has 0 bridgehead atoms. The fourth-order valence-electron chi connectivity index (χ4n) is 1.90. The molecule has 1 heterocycles. The minimum absolute atomic E-state index is 0.0307. The number of carbonyl (C=O) groups excluding carboxylic acids is 2. The van der Waals surface area contributed by atoms with E-state index in [4.69, 9.17) is 5.73 Å². The van der Waals surface area contributed by atoms with E-state index in [0.29, 0.717) is 11.4 Å². The van der Waals surface area contributed by atoms with Gasteiger partial charge in [0.25, 0.3) is 5.91 Å². The molecular weight excluding hydrogens is 272 g/mol. The number of nitrogens with zero attached hydrogens (tertiary/aromatic N) is 1. The van der Waals surface area contributed by atoms with E-state index < -0.39 is 6.09 Å². The first-order valence-electron chi connectivity index (χ1n) is 6.40. The van der Waals surface area contributed by atoms with Crippen molar-refractivity contribution in [1.82, 2.24) is 10.3 Å². The van der Waals surface area contributed by atoms with Gasteiger partial charge in [0, 0.05) is 12.4 Å². The quantitative estimate of drug-likeness (QED) is 0.714.